The number of hydrogen-bond acceptors (Lipinski definition) is 4. The summed E-state index contributed by atoms with van der Waals surface area (Å²) < 4.78 is 5.10. The predicted octanol–water partition coefficient (Wildman–Crippen LogP) is 3.08. The highest BCUT2D eigenvalue weighted by atomic mass is 127. The van der Waals surface area contributed by atoms with Crippen LogP contribution < -0.4 is 10.6 Å². The molecule has 0 saturated heterocycles. The number of guanidine groups is 1. The summed E-state index contributed by atoms with van der Waals surface area (Å²) in [6.45, 7) is 1.81. The second-order valence-corrected chi connectivity index (χ2v) is 6.93. The molecule has 3 unspecified atom stereocenters. The number of fused-ring (bicyclic) bond motifs is 2. The molecule has 0 spiro atoms. The molecule has 2 saturated carbocycles. The standard InChI is InChI=1S/C18H26N4O3.HI/c1-25-9-8-19-18(21-17-11-14-2-5-15(17)10-14)20-12-13-3-6-16(7-4-13)22(23)24;/h3-4,6-7,14-15,17H,2,5,8-12H2,1H3,(H2,19,20,21);1H. The van der Waals surface area contributed by atoms with Crippen LogP contribution in [0.15, 0.2) is 29.3 Å². The molecule has 26 heavy (non-hydrogen) atoms. The fourth-order valence-electron chi connectivity index (χ4n) is 3.91. The molecule has 1 aromatic carbocycles. The van der Waals surface area contributed by atoms with Gasteiger partial charge >= 0.3 is 0 Å². The number of halogens is 1. The van der Waals surface area contributed by atoms with Gasteiger partial charge in [0.05, 0.1) is 18.1 Å². The quantitative estimate of drug-likeness (QED) is 0.158. The molecule has 0 heterocycles. The Morgan fingerprint density at radius 1 is 1.31 bits per heavy atom. The first-order valence-electron chi connectivity index (χ1n) is 8.93. The zero-order valence-corrected chi connectivity index (χ0v) is 17.3. The Morgan fingerprint density at radius 3 is 2.65 bits per heavy atom. The molecule has 2 N–H and O–H groups in total. The van der Waals surface area contributed by atoms with Gasteiger partial charge < -0.3 is 15.4 Å². The van der Waals surface area contributed by atoms with Crippen LogP contribution in [-0.2, 0) is 11.3 Å². The minimum Gasteiger partial charge on any atom is -0.383 e. The number of nitro benzene ring substituents is 1. The molecule has 0 aromatic heterocycles. The molecule has 3 rings (SSSR count). The molecule has 2 fully saturated rings. The Labute approximate surface area is 171 Å². The van der Waals surface area contributed by atoms with E-state index in [1.807, 2.05) is 0 Å². The van der Waals surface area contributed by atoms with E-state index < -0.39 is 0 Å². The first kappa shape index (κ1) is 20.9. The van der Waals surface area contributed by atoms with E-state index >= 15 is 0 Å². The number of ether oxygens (including phenoxy) is 1. The summed E-state index contributed by atoms with van der Waals surface area (Å²) in [7, 11) is 1.68. The van der Waals surface area contributed by atoms with Gasteiger partial charge in [0.2, 0.25) is 0 Å². The van der Waals surface area contributed by atoms with Gasteiger partial charge in [0.15, 0.2) is 5.96 Å². The molecular formula is C18H27IN4O3. The summed E-state index contributed by atoms with van der Waals surface area (Å²) in [6, 6.07) is 7.06. The van der Waals surface area contributed by atoms with E-state index in [9.17, 15) is 10.1 Å². The van der Waals surface area contributed by atoms with Crippen LogP contribution >= 0.6 is 24.0 Å². The number of rotatable bonds is 7. The van der Waals surface area contributed by atoms with Crippen molar-refractivity contribution >= 4 is 35.6 Å². The van der Waals surface area contributed by atoms with Crippen molar-refractivity contribution in [2.45, 2.75) is 38.3 Å². The minimum absolute atomic E-state index is 0. The molecule has 2 aliphatic rings. The van der Waals surface area contributed by atoms with Crippen molar-refractivity contribution in [1.29, 1.82) is 0 Å². The van der Waals surface area contributed by atoms with E-state index in [0.29, 0.717) is 25.7 Å². The highest BCUT2D eigenvalue weighted by molar-refractivity contribution is 14.0. The normalized spacial score (nSPS) is 24.2. The zero-order valence-electron chi connectivity index (χ0n) is 15.0. The monoisotopic (exact) mass is 474 g/mol. The smallest absolute Gasteiger partial charge is 0.269 e. The van der Waals surface area contributed by atoms with E-state index in [2.05, 4.69) is 15.6 Å². The number of nitrogens with zero attached hydrogens (tertiary/aromatic N) is 2. The fraction of sp³-hybridized carbons (Fsp3) is 0.611. The molecule has 2 bridgehead atoms. The molecule has 0 amide bonds. The van der Waals surface area contributed by atoms with Crippen LogP contribution in [0, 0.1) is 22.0 Å². The maximum absolute atomic E-state index is 10.7. The third kappa shape index (κ3) is 5.54. The van der Waals surface area contributed by atoms with Crippen molar-refractivity contribution in [2.24, 2.45) is 16.8 Å². The first-order chi connectivity index (χ1) is 12.2. The lowest BCUT2D eigenvalue weighted by molar-refractivity contribution is -0.384. The number of benzene rings is 1. The SMILES string of the molecule is COCCNC(=NCc1ccc([N+](=O)[O-])cc1)NC1CC2CCC1C2.I. The molecule has 0 radical (unpaired) electrons. The largest absolute Gasteiger partial charge is 0.383 e. The number of non-ortho nitro benzene ring substituents is 1. The molecule has 0 aliphatic heterocycles. The third-order valence-electron chi connectivity index (χ3n) is 5.23. The van der Waals surface area contributed by atoms with Gasteiger partial charge in [-0.25, -0.2) is 4.99 Å². The summed E-state index contributed by atoms with van der Waals surface area (Å²) in [5, 5.41) is 17.6. The van der Waals surface area contributed by atoms with Gasteiger partial charge in [0.25, 0.3) is 5.69 Å². The summed E-state index contributed by atoms with van der Waals surface area (Å²) in [5.41, 5.74) is 1.05. The van der Waals surface area contributed by atoms with Crippen molar-refractivity contribution in [2.75, 3.05) is 20.3 Å². The summed E-state index contributed by atoms with van der Waals surface area (Å²) in [4.78, 5) is 15.0. The number of aliphatic imine (C=N–C) groups is 1. The van der Waals surface area contributed by atoms with Crippen LogP contribution in [0.1, 0.15) is 31.2 Å². The molecule has 7 nitrogen and oxygen atoms in total. The van der Waals surface area contributed by atoms with Gasteiger partial charge in [-0.05, 0) is 36.7 Å². The van der Waals surface area contributed by atoms with E-state index in [1.54, 1.807) is 19.2 Å². The van der Waals surface area contributed by atoms with E-state index in [4.69, 9.17) is 4.74 Å². The van der Waals surface area contributed by atoms with Crippen LogP contribution in [0.4, 0.5) is 5.69 Å². The molecular weight excluding hydrogens is 447 g/mol. The Kier molecular flexibility index (Phi) is 8.08. The summed E-state index contributed by atoms with van der Waals surface area (Å²) in [6.07, 6.45) is 5.25. The Balaban J connectivity index is 0.00000243. The van der Waals surface area contributed by atoms with Crippen LogP contribution in [0.2, 0.25) is 0 Å². The van der Waals surface area contributed by atoms with Gasteiger partial charge in [0, 0.05) is 31.8 Å². The number of nitro groups is 1. The van der Waals surface area contributed by atoms with Crippen LogP contribution in [-0.4, -0.2) is 37.2 Å². The summed E-state index contributed by atoms with van der Waals surface area (Å²) >= 11 is 0. The average molecular weight is 474 g/mol. The molecule has 144 valence electrons. The van der Waals surface area contributed by atoms with Crippen molar-refractivity contribution < 1.29 is 9.66 Å². The van der Waals surface area contributed by atoms with Crippen LogP contribution in [0.3, 0.4) is 0 Å². The third-order valence-corrected chi connectivity index (χ3v) is 5.23. The maximum Gasteiger partial charge on any atom is 0.269 e. The number of hydrogen-bond donors (Lipinski definition) is 2. The van der Waals surface area contributed by atoms with E-state index in [0.717, 1.165) is 23.4 Å². The maximum atomic E-state index is 10.7. The Morgan fingerprint density at radius 2 is 2.08 bits per heavy atom. The average Bonchev–Trinajstić information content (AvgIpc) is 3.23. The highest BCUT2D eigenvalue weighted by Gasteiger charge is 2.39. The molecule has 1 aromatic rings. The number of nitrogens with one attached hydrogen (secondary N) is 2. The Bertz CT molecular complexity index is 623. The van der Waals surface area contributed by atoms with Gasteiger partial charge in [-0.2, -0.15) is 0 Å². The lowest BCUT2D eigenvalue weighted by atomic mass is 9.95. The van der Waals surface area contributed by atoms with E-state index in [1.165, 1.54) is 37.8 Å². The van der Waals surface area contributed by atoms with Crippen LogP contribution in [0.25, 0.3) is 0 Å². The predicted molar refractivity (Wildman–Crippen MR) is 112 cm³/mol. The van der Waals surface area contributed by atoms with Crippen molar-refractivity contribution in [3.8, 4) is 0 Å². The second kappa shape index (κ2) is 10.1. The molecule has 3 atom stereocenters. The van der Waals surface area contributed by atoms with Gasteiger partial charge in [-0.3, -0.25) is 10.1 Å². The topological polar surface area (TPSA) is 88.8 Å². The molecule has 2 aliphatic carbocycles. The zero-order chi connectivity index (χ0) is 17.6. The van der Waals surface area contributed by atoms with Crippen LogP contribution in [0.5, 0.6) is 0 Å². The lowest BCUT2D eigenvalue weighted by Gasteiger charge is -2.25. The van der Waals surface area contributed by atoms with Gasteiger partial charge in [0.1, 0.15) is 0 Å². The summed E-state index contributed by atoms with van der Waals surface area (Å²) in [5.74, 6) is 2.43. The van der Waals surface area contributed by atoms with Crippen molar-refractivity contribution in [3.05, 3.63) is 39.9 Å². The van der Waals surface area contributed by atoms with Gasteiger partial charge in [-0.15, -0.1) is 24.0 Å². The first-order valence-corrected chi connectivity index (χ1v) is 8.93. The fourth-order valence-corrected chi connectivity index (χ4v) is 3.91. The second-order valence-electron chi connectivity index (χ2n) is 6.93. The van der Waals surface area contributed by atoms with Crippen molar-refractivity contribution in [1.82, 2.24) is 10.6 Å². The van der Waals surface area contributed by atoms with Gasteiger partial charge in [-0.1, -0.05) is 18.6 Å². The van der Waals surface area contributed by atoms with Crippen molar-refractivity contribution in [3.63, 3.8) is 0 Å². The lowest BCUT2D eigenvalue weighted by Crippen LogP contribution is -2.46. The van der Waals surface area contributed by atoms with E-state index in [-0.39, 0.29) is 34.6 Å². The molecule has 8 heteroatoms. The number of methoxy groups -OCH3 is 1. The highest BCUT2D eigenvalue weighted by Crippen LogP contribution is 2.44. The Hall–Kier alpha value is -1.42. The minimum atomic E-state index is -0.387.